The Balaban J connectivity index is 1.99. The van der Waals surface area contributed by atoms with E-state index in [9.17, 15) is 9.59 Å². The number of amides is 2. The van der Waals surface area contributed by atoms with Crippen LogP contribution in [0.15, 0.2) is 52.8 Å². The molecule has 2 aromatic rings. The number of hydrogen-bond acceptors (Lipinski definition) is 3. The SMILES string of the molecule is CC(C)n1ccc(/C=C2/C(=O)NC(=S)N(c3cccc(Br)c3)C2=O)c1. The van der Waals surface area contributed by atoms with Gasteiger partial charge in [-0.2, -0.15) is 0 Å². The smallest absolute Gasteiger partial charge is 0.270 e. The van der Waals surface area contributed by atoms with E-state index in [1.807, 2.05) is 29.1 Å². The van der Waals surface area contributed by atoms with E-state index < -0.39 is 11.8 Å². The van der Waals surface area contributed by atoms with Crippen molar-refractivity contribution in [2.24, 2.45) is 0 Å². The van der Waals surface area contributed by atoms with Crippen LogP contribution < -0.4 is 10.2 Å². The van der Waals surface area contributed by atoms with Gasteiger partial charge in [0, 0.05) is 22.9 Å². The summed E-state index contributed by atoms with van der Waals surface area (Å²) in [6.07, 6.45) is 5.40. The molecule has 0 aliphatic carbocycles. The van der Waals surface area contributed by atoms with Gasteiger partial charge in [-0.15, -0.1) is 0 Å². The van der Waals surface area contributed by atoms with Crippen LogP contribution >= 0.6 is 28.1 Å². The molecule has 2 amide bonds. The van der Waals surface area contributed by atoms with Gasteiger partial charge in [0.2, 0.25) is 0 Å². The second-order valence-corrected chi connectivity index (χ2v) is 7.23. The molecule has 1 saturated heterocycles. The predicted octanol–water partition coefficient (Wildman–Crippen LogP) is 3.66. The van der Waals surface area contributed by atoms with E-state index in [1.54, 1.807) is 24.3 Å². The lowest BCUT2D eigenvalue weighted by Crippen LogP contribution is -2.54. The zero-order valence-corrected chi connectivity index (χ0v) is 16.1. The third-order valence-corrected chi connectivity index (χ3v) is 4.59. The summed E-state index contributed by atoms with van der Waals surface area (Å²) >= 11 is 8.57. The van der Waals surface area contributed by atoms with Crippen molar-refractivity contribution in [2.75, 3.05) is 4.90 Å². The highest BCUT2D eigenvalue weighted by Gasteiger charge is 2.34. The standard InChI is InChI=1S/C18H16BrN3O2S/c1-11(2)21-7-6-12(10-21)8-15-16(23)20-18(25)22(17(15)24)14-5-3-4-13(19)9-14/h3-11H,1-2H3,(H,20,23,25)/b15-8-. The molecule has 0 atom stereocenters. The molecule has 7 heteroatoms. The summed E-state index contributed by atoms with van der Waals surface area (Å²) in [7, 11) is 0. The lowest BCUT2D eigenvalue weighted by Gasteiger charge is -2.29. The van der Waals surface area contributed by atoms with Crippen molar-refractivity contribution in [1.29, 1.82) is 0 Å². The number of halogens is 1. The van der Waals surface area contributed by atoms with Crippen molar-refractivity contribution in [3.8, 4) is 0 Å². The van der Waals surface area contributed by atoms with Gasteiger partial charge >= 0.3 is 0 Å². The van der Waals surface area contributed by atoms with Crippen LogP contribution in [0.25, 0.3) is 6.08 Å². The third-order valence-electron chi connectivity index (χ3n) is 3.81. The number of rotatable bonds is 3. The molecule has 2 heterocycles. The Morgan fingerprint density at radius 2 is 2.00 bits per heavy atom. The Morgan fingerprint density at radius 3 is 2.64 bits per heavy atom. The first-order chi connectivity index (χ1) is 11.9. The van der Waals surface area contributed by atoms with Crippen molar-refractivity contribution in [3.05, 3.63) is 58.3 Å². The molecule has 0 radical (unpaired) electrons. The number of thiocarbonyl (C=S) groups is 1. The molecule has 1 aromatic carbocycles. The summed E-state index contributed by atoms with van der Waals surface area (Å²) in [6.45, 7) is 4.12. The molecule has 0 bridgehead atoms. The Hall–Kier alpha value is -2.25. The van der Waals surface area contributed by atoms with Crippen molar-refractivity contribution < 1.29 is 9.59 Å². The first-order valence-corrected chi connectivity index (χ1v) is 8.91. The van der Waals surface area contributed by atoms with Gasteiger partial charge in [-0.1, -0.05) is 22.0 Å². The van der Waals surface area contributed by atoms with Crippen LogP contribution in [0, 0.1) is 0 Å². The van der Waals surface area contributed by atoms with Crippen molar-refractivity contribution in [1.82, 2.24) is 9.88 Å². The van der Waals surface area contributed by atoms with Crippen LogP contribution in [0.4, 0.5) is 5.69 Å². The fourth-order valence-corrected chi connectivity index (χ4v) is 3.18. The van der Waals surface area contributed by atoms with Crippen LogP contribution in [0.1, 0.15) is 25.5 Å². The van der Waals surface area contributed by atoms with E-state index in [-0.39, 0.29) is 10.7 Å². The Kier molecular flexibility index (Phi) is 4.87. The molecule has 0 spiro atoms. The maximum Gasteiger partial charge on any atom is 0.270 e. The average molecular weight is 418 g/mol. The van der Waals surface area contributed by atoms with Gasteiger partial charge in [0.1, 0.15) is 5.57 Å². The van der Waals surface area contributed by atoms with Crippen LogP contribution in [0.3, 0.4) is 0 Å². The Bertz CT molecular complexity index is 901. The molecular weight excluding hydrogens is 402 g/mol. The number of carbonyl (C=O) groups excluding carboxylic acids is 2. The van der Waals surface area contributed by atoms with Crippen LogP contribution in [-0.2, 0) is 9.59 Å². The number of hydrogen-bond donors (Lipinski definition) is 1. The summed E-state index contributed by atoms with van der Waals surface area (Å²) in [6, 6.07) is 9.36. The van der Waals surface area contributed by atoms with Crippen molar-refractivity contribution in [2.45, 2.75) is 19.9 Å². The van der Waals surface area contributed by atoms with Gasteiger partial charge in [-0.3, -0.25) is 19.8 Å². The van der Waals surface area contributed by atoms with Gasteiger partial charge in [0.25, 0.3) is 11.8 Å². The molecule has 3 rings (SSSR count). The first kappa shape index (κ1) is 17.6. The number of aromatic nitrogens is 1. The van der Waals surface area contributed by atoms with Crippen LogP contribution in [0.5, 0.6) is 0 Å². The minimum absolute atomic E-state index is 0.0510. The van der Waals surface area contributed by atoms with E-state index in [0.717, 1.165) is 10.0 Å². The lowest BCUT2D eigenvalue weighted by molar-refractivity contribution is -0.122. The predicted molar refractivity (Wildman–Crippen MR) is 105 cm³/mol. The molecule has 1 aromatic heterocycles. The lowest BCUT2D eigenvalue weighted by atomic mass is 10.1. The second kappa shape index (κ2) is 6.93. The Labute approximate surface area is 159 Å². The normalized spacial score (nSPS) is 16.7. The average Bonchev–Trinajstić information content (AvgIpc) is 3.00. The quantitative estimate of drug-likeness (QED) is 0.470. The highest BCUT2D eigenvalue weighted by atomic mass is 79.9. The van der Waals surface area contributed by atoms with Crippen LogP contribution in [0.2, 0.25) is 0 Å². The summed E-state index contributed by atoms with van der Waals surface area (Å²) in [5, 5.41) is 2.66. The molecule has 1 aliphatic rings. The second-order valence-electron chi connectivity index (χ2n) is 5.92. The van der Waals surface area contributed by atoms with Crippen molar-refractivity contribution >= 4 is 56.8 Å². The molecule has 0 saturated carbocycles. The fourth-order valence-electron chi connectivity index (χ4n) is 2.51. The monoisotopic (exact) mass is 417 g/mol. The van der Waals surface area contributed by atoms with E-state index in [1.165, 1.54) is 4.90 Å². The molecule has 1 aliphatic heterocycles. The zero-order chi connectivity index (χ0) is 18.1. The maximum absolute atomic E-state index is 12.9. The third kappa shape index (κ3) is 3.57. The minimum Gasteiger partial charge on any atom is -0.351 e. The Morgan fingerprint density at radius 1 is 1.24 bits per heavy atom. The van der Waals surface area contributed by atoms with E-state index in [4.69, 9.17) is 12.2 Å². The highest BCUT2D eigenvalue weighted by molar-refractivity contribution is 9.10. The molecule has 1 fully saturated rings. The van der Waals surface area contributed by atoms with Gasteiger partial charge in [0.15, 0.2) is 5.11 Å². The van der Waals surface area contributed by atoms with E-state index in [2.05, 4.69) is 35.1 Å². The summed E-state index contributed by atoms with van der Waals surface area (Å²) in [5.41, 5.74) is 1.43. The molecule has 128 valence electrons. The van der Waals surface area contributed by atoms with E-state index in [0.29, 0.717) is 11.7 Å². The molecule has 1 N–H and O–H groups in total. The van der Waals surface area contributed by atoms with Crippen LogP contribution in [-0.4, -0.2) is 21.5 Å². The van der Waals surface area contributed by atoms with E-state index >= 15 is 0 Å². The topological polar surface area (TPSA) is 54.3 Å². The summed E-state index contributed by atoms with van der Waals surface area (Å²) in [5.74, 6) is -0.928. The number of nitrogens with one attached hydrogen (secondary N) is 1. The number of anilines is 1. The summed E-state index contributed by atoms with van der Waals surface area (Å²) < 4.78 is 2.82. The molecular formula is C18H16BrN3O2S. The minimum atomic E-state index is -0.487. The molecule has 25 heavy (non-hydrogen) atoms. The largest absolute Gasteiger partial charge is 0.351 e. The maximum atomic E-state index is 12.9. The number of carbonyl (C=O) groups is 2. The summed E-state index contributed by atoms with van der Waals surface area (Å²) in [4.78, 5) is 26.5. The number of nitrogens with zero attached hydrogens (tertiary/aromatic N) is 2. The fraction of sp³-hybridized carbons (Fsp3) is 0.167. The zero-order valence-electron chi connectivity index (χ0n) is 13.7. The van der Waals surface area contributed by atoms with Gasteiger partial charge < -0.3 is 4.57 Å². The number of benzene rings is 1. The van der Waals surface area contributed by atoms with Gasteiger partial charge in [0.05, 0.1) is 5.69 Å². The molecule has 0 unspecified atom stereocenters. The molecule has 5 nitrogen and oxygen atoms in total. The van der Waals surface area contributed by atoms with Gasteiger partial charge in [-0.25, -0.2) is 0 Å². The highest BCUT2D eigenvalue weighted by Crippen LogP contribution is 2.25. The van der Waals surface area contributed by atoms with Gasteiger partial charge in [-0.05, 0) is 62.0 Å². The van der Waals surface area contributed by atoms with Crippen molar-refractivity contribution in [3.63, 3.8) is 0 Å². The first-order valence-electron chi connectivity index (χ1n) is 7.71.